The Bertz CT molecular complexity index is 736. The predicted molar refractivity (Wildman–Crippen MR) is 111 cm³/mol. The second-order valence-corrected chi connectivity index (χ2v) is 7.70. The first-order valence-corrected chi connectivity index (χ1v) is 10.5. The predicted octanol–water partition coefficient (Wildman–Crippen LogP) is 2.88. The van der Waals surface area contributed by atoms with Crippen LogP contribution < -0.4 is 10.1 Å². The number of hydrogen-bond donors (Lipinski definition) is 2. The first-order chi connectivity index (χ1) is 14.3. The molecular formula is C22H32N2O6. The number of nitrogens with one attached hydrogen (secondary N) is 1. The van der Waals surface area contributed by atoms with Gasteiger partial charge in [-0.15, -0.1) is 0 Å². The number of β-amino-alcohol motifs (C(OH)–C–C–N with tert-alkyl or cyclic N) is 1. The molecule has 8 nitrogen and oxygen atoms in total. The number of carbonyl (C=O) groups excluding carboxylic acids is 3. The van der Waals surface area contributed by atoms with E-state index in [1.807, 2.05) is 0 Å². The summed E-state index contributed by atoms with van der Waals surface area (Å²) in [6.07, 6.45) is 3.61. The van der Waals surface area contributed by atoms with Crippen molar-refractivity contribution < 1.29 is 29.0 Å². The highest BCUT2D eigenvalue weighted by molar-refractivity contribution is 6.06. The van der Waals surface area contributed by atoms with Crippen LogP contribution in [0.5, 0.6) is 5.75 Å². The van der Waals surface area contributed by atoms with Gasteiger partial charge in [0, 0.05) is 0 Å². The fraction of sp³-hybridized carbons (Fsp3) is 0.591. The number of aliphatic hydroxyl groups is 1. The highest BCUT2D eigenvalue weighted by Gasteiger charge is 2.47. The Morgan fingerprint density at radius 1 is 1.17 bits per heavy atom. The van der Waals surface area contributed by atoms with Crippen molar-refractivity contribution in [2.75, 3.05) is 19.8 Å². The molecule has 2 atom stereocenters. The third-order valence-corrected chi connectivity index (χ3v) is 5.08. The van der Waals surface area contributed by atoms with E-state index in [0.717, 1.165) is 30.6 Å². The van der Waals surface area contributed by atoms with E-state index in [-0.39, 0.29) is 19.1 Å². The first-order valence-electron chi connectivity index (χ1n) is 10.5. The van der Waals surface area contributed by atoms with Gasteiger partial charge in [-0.3, -0.25) is 9.69 Å². The number of carbonyl (C=O) groups is 3. The number of nitrogens with zero attached hydrogens (tertiary/aromatic N) is 1. The Labute approximate surface area is 177 Å². The third-order valence-electron chi connectivity index (χ3n) is 5.08. The summed E-state index contributed by atoms with van der Waals surface area (Å²) in [4.78, 5) is 37.7. The highest BCUT2D eigenvalue weighted by Crippen LogP contribution is 2.24. The Morgan fingerprint density at radius 3 is 2.50 bits per heavy atom. The van der Waals surface area contributed by atoms with Crippen LogP contribution in [0.4, 0.5) is 4.79 Å². The van der Waals surface area contributed by atoms with Crippen molar-refractivity contribution in [2.45, 2.75) is 64.5 Å². The van der Waals surface area contributed by atoms with E-state index in [4.69, 9.17) is 9.47 Å². The number of benzene rings is 1. The van der Waals surface area contributed by atoms with Gasteiger partial charge in [0.25, 0.3) is 5.91 Å². The van der Waals surface area contributed by atoms with Crippen molar-refractivity contribution in [3.8, 4) is 5.75 Å². The standard InChI is InChI=1S/C22H32N2O6/c1-4-6-7-8-13-22(3)20(27)24(21(28)23-22)14-17(25)15-30-18-11-9-16(10-12-18)19(26)29-5-2/h9-12,17,25H,4-8,13-15H2,1-3H3,(H,23,28). The molecule has 2 rings (SSSR count). The number of aliphatic hydroxyl groups excluding tert-OH is 1. The molecule has 0 radical (unpaired) electrons. The SMILES string of the molecule is CCCCCCC1(C)NC(=O)N(CC(O)COc2ccc(C(=O)OCC)cc2)C1=O. The van der Waals surface area contributed by atoms with Crippen LogP contribution in [-0.4, -0.2) is 59.3 Å². The zero-order chi connectivity index (χ0) is 22.1. The molecule has 0 spiro atoms. The van der Waals surface area contributed by atoms with Crippen LogP contribution in [0.15, 0.2) is 24.3 Å². The fourth-order valence-electron chi connectivity index (χ4n) is 3.35. The maximum absolute atomic E-state index is 12.7. The lowest BCUT2D eigenvalue weighted by Gasteiger charge is -2.22. The minimum Gasteiger partial charge on any atom is -0.491 e. The molecule has 1 fully saturated rings. The largest absolute Gasteiger partial charge is 0.491 e. The summed E-state index contributed by atoms with van der Waals surface area (Å²) < 4.78 is 10.4. The number of amides is 3. The van der Waals surface area contributed by atoms with Crippen LogP contribution in [0.2, 0.25) is 0 Å². The average molecular weight is 421 g/mol. The quantitative estimate of drug-likeness (QED) is 0.306. The van der Waals surface area contributed by atoms with Gasteiger partial charge in [0.2, 0.25) is 0 Å². The molecule has 1 aliphatic rings. The molecule has 1 aromatic carbocycles. The Hall–Kier alpha value is -2.61. The zero-order valence-corrected chi connectivity index (χ0v) is 18.0. The maximum atomic E-state index is 12.7. The molecule has 166 valence electrons. The molecule has 1 aromatic rings. The lowest BCUT2D eigenvalue weighted by molar-refractivity contribution is -0.132. The molecule has 1 saturated heterocycles. The molecule has 30 heavy (non-hydrogen) atoms. The van der Waals surface area contributed by atoms with Gasteiger partial charge in [-0.2, -0.15) is 0 Å². The molecule has 2 N–H and O–H groups in total. The fourth-order valence-corrected chi connectivity index (χ4v) is 3.35. The summed E-state index contributed by atoms with van der Waals surface area (Å²) in [6, 6.07) is 5.85. The molecule has 0 aromatic heterocycles. The Kier molecular flexibility index (Phi) is 8.65. The highest BCUT2D eigenvalue weighted by atomic mass is 16.5. The van der Waals surface area contributed by atoms with Crippen molar-refractivity contribution in [1.29, 1.82) is 0 Å². The van der Waals surface area contributed by atoms with Crippen LogP contribution in [0, 0.1) is 0 Å². The van der Waals surface area contributed by atoms with Gasteiger partial charge >= 0.3 is 12.0 Å². The molecule has 1 heterocycles. The number of urea groups is 1. The van der Waals surface area contributed by atoms with Gasteiger partial charge in [0.1, 0.15) is 24.0 Å². The van der Waals surface area contributed by atoms with Crippen LogP contribution in [0.3, 0.4) is 0 Å². The van der Waals surface area contributed by atoms with Crippen LogP contribution >= 0.6 is 0 Å². The lowest BCUT2D eigenvalue weighted by Crippen LogP contribution is -2.45. The van der Waals surface area contributed by atoms with Crippen LogP contribution in [-0.2, 0) is 9.53 Å². The van der Waals surface area contributed by atoms with E-state index < -0.39 is 23.6 Å². The van der Waals surface area contributed by atoms with Crippen molar-refractivity contribution in [3.63, 3.8) is 0 Å². The molecule has 0 saturated carbocycles. The number of ether oxygens (including phenoxy) is 2. The minimum atomic E-state index is -1.04. The van der Waals surface area contributed by atoms with E-state index in [1.54, 1.807) is 38.1 Å². The molecule has 3 amide bonds. The summed E-state index contributed by atoms with van der Waals surface area (Å²) in [5, 5.41) is 13.0. The van der Waals surface area contributed by atoms with Crippen molar-refractivity contribution in [3.05, 3.63) is 29.8 Å². The van der Waals surface area contributed by atoms with Crippen molar-refractivity contribution in [1.82, 2.24) is 10.2 Å². The van der Waals surface area contributed by atoms with Crippen molar-refractivity contribution in [2.24, 2.45) is 0 Å². The Balaban J connectivity index is 1.84. The normalized spacial score (nSPS) is 19.5. The van der Waals surface area contributed by atoms with Gasteiger partial charge in [-0.25, -0.2) is 9.59 Å². The Morgan fingerprint density at radius 2 is 1.87 bits per heavy atom. The lowest BCUT2D eigenvalue weighted by atomic mass is 9.94. The topological polar surface area (TPSA) is 105 Å². The minimum absolute atomic E-state index is 0.0942. The van der Waals surface area contributed by atoms with Gasteiger partial charge in [-0.1, -0.05) is 32.6 Å². The molecule has 8 heteroatoms. The van der Waals surface area contributed by atoms with Crippen LogP contribution in [0.1, 0.15) is 63.2 Å². The van der Waals surface area contributed by atoms with E-state index >= 15 is 0 Å². The van der Waals surface area contributed by atoms with E-state index in [0.29, 0.717) is 24.3 Å². The van der Waals surface area contributed by atoms with Gasteiger partial charge in [0.05, 0.1) is 18.7 Å². The number of imide groups is 1. The second-order valence-electron chi connectivity index (χ2n) is 7.70. The average Bonchev–Trinajstić information content (AvgIpc) is 2.93. The molecule has 0 bridgehead atoms. The van der Waals surface area contributed by atoms with Crippen molar-refractivity contribution >= 4 is 17.9 Å². The van der Waals surface area contributed by atoms with Gasteiger partial charge in [-0.05, 0) is 44.5 Å². The number of esters is 1. The van der Waals surface area contributed by atoms with Gasteiger partial charge < -0.3 is 19.9 Å². The summed E-state index contributed by atoms with van der Waals surface area (Å²) >= 11 is 0. The molecular weight excluding hydrogens is 388 g/mol. The van der Waals surface area contributed by atoms with E-state index in [1.165, 1.54) is 0 Å². The van der Waals surface area contributed by atoms with E-state index in [2.05, 4.69) is 12.2 Å². The summed E-state index contributed by atoms with van der Waals surface area (Å²) in [5.41, 5.74) is -0.517. The number of hydrogen-bond acceptors (Lipinski definition) is 6. The zero-order valence-electron chi connectivity index (χ0n) is 18.0. The molecule has 2 unspecified atom stereocenters. The van der Waals surface area contributed by atoms with Crippen LogP contribution in [0.25, 0.3) is 0 Å². The smallest absolute Gasteiger partial charge is 0.338 e. The monoisotopic (exact) mass is 420 g/mol. The van der Waals surface area contributed by atoms with Gasteiger partial charge in [0.15, 0.2) is 0 Å². The number of rotatable bonds is 12. The van der Waals surface area contributed by atoms with E-state index in [9.17, 15) is 19.5 Å². The second kappa shape index (κ2) is 11.0. The maximum Gasteiger partial charge on any atom is 0.338 e. The number of unbranched alkanes of at least 4 members (excludes halogenated alkanes) is 3. The summed E-state index contributed by atoms with van der Waals surface area (Å²) in [7, 11) is 0. The molecule has 0 aliphatic carbocycles. The first kappa shape index (κ1) is 23.7. The summed E-state index contributed by atoms with van der Waals surface area (Å²) in [6.45, 7) is 5.64. The molecule has 1 aliphatic heterocycles. The third kappa shape index (κ3) is 6.19. The summed E-state index contributed by atoms with van der Waals surface area (Å²) in [5.74, 6) is -0.276.